The SMILES string of the molecule is CC(=O)c1cccc(NCc2nc(-c3ccsc3)no2)c1. The van der Waals surface area contributed by atoms with Crippen LogP contribution in [-0.4, -0.2) is 15.9 Å². The van der Waals surface area contributed by atoms with Gasteiger partial charge in [-0.05, 0) is 30.5 Å². The van der Waals surface area contributed by atoms with Gasteiger partial charge in [0.1, 0.15) is 0 Å². The van der Waals surface area contributed by atoms with E-state index in [2.05, 4.69) is 15.5 Å². The smallest absolute Gasteiger partial charge is 0.246 e. The summed E-state index contributed by atoms with van der Waals surface area (Å²) < 4.78 is 5.20. The molecule has 2 heterocycles. The molecule has 21 heavy (non-hydrogen) atoms. The number of Topliss-reactive ketones (excluding diaryl/α,β-unsaturated/α-hetero) is 1. The molecule has 0 spiro atoms. The molecule has 1 aromatic carbocycles. The van der Waals surface area contributed by atoms with Crippen LogP contribution in [0.1, 0.15) is 23.2 Å². The molecule has 0 bridgehead atoms. The van der Waals surface area contributed by atoms with Crippen molar-refractivity contribution in [3.8, 4) is 11.4 Å². The molecule has 0 fully saturated rings. The molecule has 0 amide bonds. The van der Waals surface area contributed by atoms with Gasteiger partial charge in [-0.15, -0.1) is 0 Å². The van der Waals surface area contributed by atoms with Crippen molar-refractivity contribution >= 4 is 22.8 Å². The highest BCUT2D eigenvalue weighted by molar-refractivity contribution is 7.08. The van der Waals surface area contributed by atoms with Gasteiger partial charge in [0.05, 0.1) is 6.54 Å². The number of rotatable bonds is 5. The Morgan fingerprint density at radius 1 is 1.38 bits per heavy atom. The number of benzene rings is 1. The number of hydrogen-bond acceptors (Lipinski definition) is 6. The van der Waals surface area contributed by atoms with Gasteiger partial charge in [0.25, 0.3) is 0 Å². The molecule has 0 saturated carbocycles. The largest absolute Gasteiger partial charge is 0.376 e. The average molecular weight is 299 g/mol. The van der Waals surface area contributed by atoms with E-state index in [1.807, 2.05) is 29.0 Å². The average Bonchev–Trinajstić information content (AvgIpc) is 3.16. The van der Waals surface area contributed by atoms with E-state index >= 15 is 0 Å². The minimum absolute atomic E-state index is 0.0381. The van der Waals surface area contributed by atoms with Crippen molar-refractivity contribution in [1.29, 1.82) is 0 Å². The maximum Gasteiger partial charge on any atom is 0.246 e. The summed E-state index contributed by atoms with van der Waals surface area (Å²) in [6, 6.07) is 9.27. The Balaban J connectivity index is 1.68. The second-order valence-corrected chi connectivity index (χ2v) is 5.29. The van der Waals surface area contributed by atoms with Gasteiger partial charge < -0.3 is 9.84 Å². The summed E-state index contributed by atoms with van der Waals surface area (Å²) in [4.78, 5) is 15.7. The molecule has 0 radical (unpaired) electrons. The van der Waals surface area contributed by atoms with Crippen molar-refractivity contribution in [1.82, 2.24) is 10.1 Å². The quantitative estimate of drug-likeness (QED) is 0.729. The van der Waals surface area contributed by atoms with E-state index in [0.29, 0.717) is 23.8 Å². The first-order chi connectivity index (χ1) is 10.2. The van der Waals surface area contributed by atoms with Crippen LogP contribution in [0.2, 0.25) is 0 Å². The lowest BCUT2D eigenvalue weighted by atomic mass is 10.1. The van der Waals surface area contributed by atoms with Crippen molar-refractivity contribution in [3.63, 3.8) is 0 Å². The Hall–Kier alpha value is -2.47. The maximum absolute atomic E-state index is 11.3. The Kier molecular flexibility index (Phi) is 3.79. The van der Waals surface area contributed by atoms with Gasteiger partial charge in [0.15, 0.2) is 5.78 Å². The van der Waals surface area contributed by atoms with Crippen LogP contribution in [0.3, 0.4) is 0 Å². The summed E-state index contributed by atoms with van der Waals surface area (Å²) in [6.07, 6.45) is 0. The van der Waals surface area contributed by atoms with Crippen molar-refractivity contribution in [2.75, 3.05) is 5.32 Å². The van der Waals surface area contributed by atoms with Crippen LogP contribution in [-0.2, 0) is 6.54 Å². The third kappa shape index (κ3) is 3.17. The Labute approximate surface area is 125 Å². The summed E-state index contributed by atoms with van der Waals surface area (Å²) in [6.45, 7) is 1.96. The fourth-order valence-electron chi connectivity index (χ4n) is 1.86. The maximum atomic E-state index is 11.3. The molecule has 6 heteroatoms. The molecule has 3 aromatic rings. The van der Waals surface area contributed by atoms with E-state index in [1.54, 1.807) is 30.4 Å². The number of ketones is 1. The van der Waals surface area contributed by atoms with E-state index in [0.717, 1.165) is 11.3 Å². The zero-order chi connectivity index (χ0) is 14.7. The van der Waals surface area contributed by atoms with Gasteiger partial charge in [-0.2, -0.15) is 16.3 Å². The number of carbonyl (C=O) groups excluding carboxylic acids is 1. The highest BCUT2D eigenvalue weighted by Gasteiger charge is 2.08. The van der Waals surface area contributed by atoms with Gasteiger partial charge in [-0.25, -0.2) is 0 Å². The van der Waals surface area contributed by atoms with Gasteiger partial charge in [-0.1, -0.05) is 17.3 Å². The molecule has 106 valence electrons. The zero-order valence-corrected chi connectivity index (χ0v) is 12.2. The molecule has 3 rings (SSSR count). The van der Waals surface area contributed by atoms with Crippen LogP contribution >= 0.6 is 11.3 Å². The number of carbonyl (C=O) groups is 1. The standard InChI is InChI=1S/C15H13N3O2S/c1-10(19)11-3-2-4-13(7-11)16-8-14-17-15(18-20-14)12-5-6-21-9-12/h2-7,9,16H,8H2,1H3. The van der Waals surface area contributed by atoms with Gasteiger partial charge >= 0.3 is 0 Å². The van der Waals surface area contributed by atoms with Crippen molar-refractivity contribution < 1.29 is 9.32 Å². The molecule has 5 nitrogen and oxygen atoms in total. The van der Waals surface area contributed by atoms with Gasteiger partial charge in [0.2, 0.25) is 11.7 Å². The van der Waals surface area contributed by atoms with Crippen LogP contribution in [0.5, 0.6) is 0 Å². The van der Waals surface area contributed by atoms with Crippen LogP contribution in [0.25, 0.3) is 11.4 Å². The monoisotopic (exact) mass is 299 g/mol. The van der Waals surface area contributed by atoms with Crippen LogP contribution in [0, 0.1) is 0 Å². The lowest BCUT2D eigenvalue weighted by Crippen LogP contribution is -2.01. The lowest BCUT2D eigenvalue weighted by molar-refractivity contribution is 0.101. The molecule has 1 N–H and O–H groups in total. The second kappa shape index (κ2) is 5.88. The Morgan fingerprint density at radius 3 is 3.05 bits per heavy atom. The molecule has 0 aliphatic heterocycles. The summed E-state index contributed by atoms with van der Waals surface area (Å²) in [7, 11) is 0. The first-order valence-electron chi connectivity index (χ1n) is 6.42. The number of hydrogen-bond donors (Lipinski definition) is 1. The molecule has 0 aliphatic carbocycles. The number of nitrogens with one attached hydrogen (secondary N) is 1. The van der Waals surface area contributed by atoms with E-state index in [-0.39, 0.29) is 5.78 Å². The summed E-state index contributed by atoms with van der Waals surface area (Å²) in [5.74, 6) is 1.13. The molecule has 2 aromatic heterocycles. The topological polar surface area (TPSA) is 68.0 Å². The fraction of sp³-hybridized carbons (Fsp3) is 0.133. The predicted molar refractivity (Wildman–Crippen MR) is 81.4 cm³/mol. The number of thiophene rings is 1. The summed E-state index contributed by atoms with van der Waals surface area (Å²) in [5, 5.41) is 11.1. The Morgan fingerprint density at radius 2 is 2.29 bits per heavy atom. The molecule has 0 unspecified atom stereocenters. The van der Waals surface area contributed by atoms with Crippen LogP contribution in [0.4, 0.5) is 5.69 Å². The van der Waals surface area contributed by atoms with E-state index in [1.165, 1.54) is 0 Å². The molecule has 0 atom stereocenters. The van der Waals surface area contributed by atoms with Crippen molar-refractivity contribution in [2.45, 2.75) is 13.5 Å². The highest BCUT2D eigenvalue weighted by atomic mass is 32.1. The van der Waals surface area contributed by atoms with E-state index in [4.69, 9.17) is 4.52 Å². The number of aromatic nitrogens is 2. The summed E-state index contributed by atoms with van der Waals surface area (Å²) >= 11 is 1.59. The first-order valence-corrected chi connectivity index (χ1v) is 7.37. The van der Waals surface area contributed by atoms with Gasteiger partial charge in [0, 0.05) is 22.2 Å². The molecule has 0 aliphatic rings. The van der Waals surface area contributed by atoms with Crippen molar-refractivity contribution in [3.05, 3.63) is 52.5 Å². The molecule has 0 saturated heterocycles. The third-order valence-electron chi connectivity index (χ3n) is 2.96. The summed E-state index contributed by atoms with van der Waals surface area (Å²) in [5.41, 5.74) is 2.47. The fourth-order valence-corrected chi connectivity index (χ4v) is 2.50. The first kappa shape index (κ1) is 13.5. The minimum Gasteiger partial charge on any atom is -0.376 e. The third-order valence-corrected chi connectivity index (χ3v) is 3.64. The lowest BCUT2D eigenvalue weighted by Gasteiger charge is -2.04. The van der Waals surface area contributed by atoms with Gasteiger partial charge in [-0.3, -0.25) is 4.79 Å². The number of anilines is 1. The van der Waals surface area contributed by atoms with Crippen LogP contribution in [0.15, 0.2) is 45.6 Å². The highest BCUT2D eigenvalue weighted by Crippen LogP contribution is 2.19. The normalized spacial score (nSPS) is 10.5. The molecular weight excluding hydrogens is 286 g/mol. The van der Waals surface area contributed by atoms with E-state index < -0.39 is 0 Å². The van der Waals surface area contributed by atoms with Crippen LogP contribution < -0.4 is 5.32 Å². The zero-order valence-electron chi connectivity index (χ0n) is 11.4. The van der Waals surface area contributed by atoms with E-state index in [9.17, 15) is 4.79 Å². The predicted octanol–water partition coefficient (Wildman–Crippen LogP) is 3.61. The minimum atomic E-state index is 0.0381. The Bertz CT molecular complexity index is 750. The molecular formula is C15H13N3O2S. The second-order valence-electron chi connectivity index (χ2n) is 4.51. The van der Waals surface area contributed by atoms with Crippen molar-refractivity contribution in [2.24, 2.45) is 0 Å². The number of nitrogens with zero attached hydrogens (tertiary/aromatic N) is 2.